The second-order valence-corrected chi connectivity index (χ2v) is 11.4. The third-order valence-electron chi connectivity index (χ3n) is 7.23. The summed E-state index contributed by atoms with van der Waals surface area (Å²) in [5.41, 5.74) is 6.86. The van der Waals surface area contributed by atoms with Gasteiger partial charge in [0.05, 0.1) is 5.58 Å². The zero-order valence-corrected chi connectivity index (χ0v) is 27.1. The van der Waals surface area contributed by atoms with Gasteiger partial charge in [-0.3, -0.25) is 4.39 Å². The number of rotatable bonds is 3. The Kier molecular flexibility index (Phi) is 9.33. The maximum absolute atomic E-state index is 13.7. The summed E-state index contributed by atoms with van der Waals surface area (Å²) in [6.45, 7) is 6.48. The summed E-state index contributed by atoms with van der Waals surface area (Å²) in [6.07, 6.45) is 3.51. The van der Waals surface area contributed by atoms with E-state index >= 15 is 0 Å². The SMILES string of the molecule is CC(C)(C)c1ccnc(-c2[c-]ccc3c2oc2cc(-c4cc(F)cc(F)c4)ccc23)c1.Fc1c[c-]c(-c2ccccn2)cc1.[Ir]. The molecular weight excluding hydrogens is 750 g/mol. The van der Waals surface area contributed by atoms with Gasteiger partial charge in [-0.25, -0.2) is 8.78 Å². The predicted octanol–water partition coefficient (Wildman–Crippen LogP) is 10.4. The van der Waals surface area contributed by atoms with Gasteiger partial charge in [0.1, 0.15) is 17.2 Å². The number of pyridine rings is 2. The smallest absolute Gasteiger partial charge is 0.126 e. The summed E-state index contributed by atoms with van der Waals surface area (Å²) < 4.78 is 46.1. The Morgan fingerprint density at radius 2 is 1.44 bits per heavy atom. The molecular formula is C38H27F3IrN2O-2. The second kappa shape index (κ2) is 13.2. The molecule has 0 saturated heterocycles. The summed E-state index contributed by atoms with van der Waals surface area (Å²) in [4.78, 5) is 8.68. The van der Waals surface area contributed by atoms with E-state index in [1.807, 2.05) is 60.8 Å². The first-order valence-electron chi connectivity index (χ1n) is 14.0. The molecule has 0 fully saturated rings. The Labute approximate surface area is 273 Å². The first-order valence-corrected chi connectivity index (χ1v) is 14.0. The van der Waals surface area contributed by atoms with Crippen LogP contribution in [0.2, 0.25) is 0 Å². The zero-order chi connectivity index (χ0) is 30.8. The minimum atomic E-state index is -0.610. The molecule has 7 aromatic rings. The van der Waals surface area contributed by atoms with Crippen LogP contribution in [-0.4, -0.2) is 9.97 Å². The van der Waals surface area contributed by atoms with Gasteiger partial charge < -0.3 is 14.4 Å². The number of hydrogen-bond donors (Lipinski definition) is 0. The van der Waals surface area contributed by atoms with Crippen molar-refractivity contribution in [2.45, 2.75) is 26.2 Å². The van der Waals surface area contributed by atoms with Crippen LogP contribution in [0.3, 0.4) is 0 Å². The minimum absolute atomic E-state index is 0. The van der Waals surface area contributed by atoms with Crippen LogP contribution >= 0.6 is 0 Å². The first kappa shape index (κ1) is 31.8. The number of hydrogen-bond acceptors (Lipinski definition) is 3. The van der Waals surface area contributed by atoms with Crippen LogP contribution in [0, 0.1) is 29.6 Å². The Morgan fingerprint density at radius 1 is 0.667 bits per heavy atom. The molecule has 3 nitrogen and oxygen atoms in total. The Hall–Kier alpha value is -4.58. The largest absolute Gasteiger partial charge is 0.501 e. The monoisotopic (exact) mass is 777 g/mol. The molecule has 0 atom stereocenters. The molecule has 0 aliphatic carbocycles. The van der Waals surface area contributed by atoms with E-state index in [2.05, 4.69) is 48.9 Å². The molecule has 0 unspecified atom stereocenters. The summed E-state index contributed by atoms with van der Waals surface area (Å²) in [5, 5.41) is 1.88. The van der Waals surface area contributed by atoms with Crippen molar-refractivity contribution in [3.05, 3.63) is 145 Å². The molecule has 3 heterocycles. The van der Waals surface area contributed by atoms with E-state index in [9.17, 15) is 13.2 Å². The van der Waals surface area contributed by atoms with Crippen LogP contribution in [0.25, 0.3) is 55.6 Å². The van der Waals surface area contributed by atoms with E-state index in [1.165, 1.54) is 29.8 Å². The van der Waals surface area contributed by atoms with Crippen LogP contribution in [0.15, 0.2) is 114 Å². The molecule has 1 radical (unpaired) electrons. The van der Waals surface area contributed by atoms with E-state index in [0.717, 1.165) is 39.4 Å². The van der Waals surface area contributed by atoms with Crippen molar-refractivity contribution < 1.29 is 37.7 Å². The fourth-order valence-electron chi connectivity index (χ4n) is 4.95. The summed E-state index contributed by atoms with van der Waals surface area (Å²) >= 11 is 0. The topological polar surface area (TPSA) is 38.9 Å². The van der Waals surface area contributed by atoms with Crippen LogP contribution < -0.4 is 0 Å². The molecule has 7 heteroatoms. The van der Waals surface area contributed by atoms with E-state index in [-0.39, 0.29) is 31.3 Å². The van der Waals surface area contributed by atoms with E-state index < -0.39 is 11.6 Å². The average Bonchev–Trinajstić information content (AvgIpc) is 3.39. The van der Waals surface area contributed by atoms with Gasteiger partial charge in [-0.05, 0) is 63.8 Å². The van der Waals surface area contributed by atoms with E-state index in [4.69, 9.17) is 4.42 Å². The van der Waals surface area contributed by atoms with Crippen LogP contribution in [0.4, 0.5) is 13.2 Å². The van der Waals surface area contributed by atoms with Gasteiger partial charge in [0.25, 0.3) is 0 Å². The van der Waals surface area contributed by atoms with E-state index in [0.29, 0.717) is 22.3 Å². The standard InChI is InChI=1S/C27H20F2NO.C11H7FN.Ir/c1-27(2,3)18-9-10-30-24(14-18)23-6-4-5-22-21-8-7-16(13-25(21)31-26(22)23)17-11-19(28)15-20(29)12-17;12-10-6-4-9(5-7-10)11-3-1-2-8-13-11;/h4-5,7-15H,1-3H3;1-4,6-8H;/q2*-1;. The first-order chi connectivity index (χ1) is 21.2. The Bertz CT molecular complexity index is 2070. The van der Waals surface area contributed by atoms with Gasteiger partial charge in [0.2, 0.25) is 0 Å². The Morgan fingerprint density at radius 3 is 2.13 bits per heavy atom. The quantitative estimate of drug-likeness (QED) is 0.168. The van der Waals surface area contributed by atoms with Crippen molar-refractivity contribution in [1.29, 1.82) is 0 Å². The number of halogens is 3. The van der Waals surface area contributed by atoms with Gasteiger partial charge in [0, 0.05) is 49.8 Å². The second-order valence-electron chi connectivity index (χ2n) is 11.4. The maximum Gasteiger partial charge on any atom is 0.126 e. The van der Waals surface area contributed by atoms with Gasteiger partial charge in [-0.15, -0.1) is 48.0 Å². The molecule has 7 rings (SSSR count). The van der Waals surface area contributed by atoms with Gasteiger partial charge in [-0.2, -0.15) is 0 Å². The Balaban J connectivity index is 0.000000240. The van der Waals surface area contributed by atoms with E-state index in [1.54, 1.807) is 12.3 Å². The number of furan rings is 1. The van der Waals surface area contributed by atoms with Gasteiger partial charge in [-0.1, -0.05) is 62.1 Å². The van der Waals surface area contributed by atoms with Gasteiger partial charge >= 0.3 is 0 Å². The van der Waals surface area contributed by atoms with Gasteiger partial charge in [0.15, 0.2) is 0 Å². The van der Waals surface area contributed by atoms with Crippen molar-refractivity contribution in [3.8, 4) is 33.6 Å². The molecule has 0 amide bonds. The molecule has 0 spiro atoms. The fraction of sp³-hybridized carbons (Fsp3) is 0.105. The zero-order valence-electron chi connectivity index (χ0n) is 24.7. The van der Waals surface area contributed by atoms with Crippen molar-refractivity contribution in [2.24, 2.45) is 0 Å². The van der Waals surface area contributed by atoms with Crippen molar-refractivity contribution in [2.75, 3.05) is 0 Å². The molecule has 3 aromatic heterocycles. The molecule has 0 aliphatic rings. The summed E-state index contributed by atoms with van der Waals surface area (Å²) in [5.74, 6) is -1.50. The molecule has 0 bridgehead atoms. The molecule has 227 valence electrons. The summed E-state index contributed by atoms with van der Waals surface area (Å²) in [6, 6.07) is 33.0. The fourth-order valence-corrected chi connectivity index (χ4v) is 4.95. The number of nitrogens with zero attached hydrogens (tertiary/aromatic N) is 2. The van der Waals surface area contributed by atoms with Crippen LogP contribution in [0.5, 0.6) is 0 Å². The summed E-state index contributed by atoms with van der Waals surface area (Å²) in [7, 11) is 0. The minimum Gasteiger partial charge on any atom is -0.501 e. The molecule has 0 aliphatic heterocycles. The molecule has 0 saturated carbocycles. The molecule has 0 N–H and O–H groups in total. The number of benzene rings is 4. The van der Waals surface area contributed by atoms with Crippen molar-refractivity contribution in [1.82, 2.24) is 9.97 Å². The van der Waals surface area contributed by atoms with Crippen LogP contribution in [0.1, 0.15) is 26.3 Å². The predicted molar refractivity (Wildman–Crippen MR) is 168 cm³/mol. The average molecular weight is 777 g/mol. The normalized spacial score (nSPS) is 11.2. The number of aromatic nitrogens is 2. The molecule has 45 heavy (non-hydrogen) atoms. The van der Waals surface area contributed by atoms with Crippen molar-refractivity contribution in [3.63, 3.8) is 0 Å². The molecule has 4 aromatic carbocycles. The third kappa shape index (κ3) is 7.06. The van der Waals surface area contributed by atoms with Crippen molar-refractivity contribution >= 4 is 21.9 Å². The van der Waals surface area contributed by atoms with Crippen LogP contribution in [-0.2, 0) is 25.5 Å². The number of fused-ring (bicyclic) bond motifs is 3. The maximum atomic E-state index is 13.7. The third-order valence-corrected chi connectivity index (χ3v) is 7.23.